The van der Waals surface area contributed by atoms with E-state index in [1.54, 1.807) is 0 Å². The topological polar surface area (TPSA) is 140 Å². The molecule has 0 aromatic heterocycles. The summed E-state index contributed by atoms with van der Waals surface area (Å²) in [4.78, 5) is 18.1. The van der Waals surface area contributed by atoms with Crippen molar-refractivity contribution in [1.29, 1.82) is 0 Å². The predicted molar refractivity (Wildman–Crippen MR) is 74.4 cm³/mol. The van der Waals surface area contributed by atoms with E-state index in [4.69, 9.17) is 5.73 Å². The second-order valence-electron chi connectivity index (χ2n) is 5.69. The Bertz CT molecular complexity index is 594. The number of piperidine rings is 1. The molecule has 3 heterocycles. The molecule has 3 aliphatic rings. The van der Waals surface area contributed by atoms with Gasteiger partial charge in [-0.25, -0.2) is 13.2 Å². The number of rotatable bonds is 4. The fourth-order valence-corrected chi connectivity index (χ4v) is 3.56. The third-order valence-electron chi connectivity index (χ3n) is 4.20. The largest absolute Gasteiger partial charge is 1.00 e. The molecule has 12 heteroatoms. The number of urea groups is 1. The summed E-state index contributed by atoms with van der Waals surface area (Å²) in [7, 11) is -4.98. The molecule has 0 saturated carbocycles. The third-order valence-corrected chi connectivity index (χ3v) is 4.54. The van der Waals surface area contributed by atoms with E-state index in [-0.39, 0.29) is 48.2 Å². The Morgan fingerprint density at radius 3 is 2.74 bits per heavy atom. The van der Waals surface area contributed by atoms with E-state index in [1.165, 1.54) is 4.90 Å². The van der Waals surface area contributed by atoms with Crippen LogP contribution in [-0.4, -0.2) is 72.6 Å². The van der Waals surface area contributed by atoms with Crippen LogP contribution >= 0.6 is 0 Å². The van der Waals surface area contributed by atoms with Crippen LogP contribution in [0.4, 0.5) is 4.79 Å². The smallest absolute Gasteiger partial charge is 0.724 e. The molecule has 3 atom stereocenters. The molecule has 0 aromatic carbocycles. The molecule has 3 saturated heterocycles. The van der Waals surface area contributed by atoms with Gasteiger partial charge in [0.2, 0.25) is 10.4 Å². The number of carbonyl (C=O) groups excluding carboxylic acids is 1. The molecule has 0 aromatic rings. The van der Waals surface area contributed by atoms with Crippen molar-refractivity contribution in [2.45, 2.75) is 37.4 Å². The van der Waals surface area contributed by atoms with E-state index in [2.05, 4.69) is 14.6 Å². The fourth-order valence-electron chi connectivity index (χ4n) is 3.18. The van der Waals surface area contributed by atoms with Crippen molar-refractivity contribution in [2.75, 3.05) is 19.6 Å². The van der Waals surface area contributed by atoms with Gasteiger partial charge in [-0.05, 0) is 25.8 Å². The van der Waals surface area contributed by atoms with Crippen molar-refractivity contribution in [3.8, 4) is 0 Å². The molecule has 23 heavy (non-hydrogen) atoms. The molecular weight excluding hydrogens is 337 g/mol. The summed E-state index contributed by atoms with van der Waals surface area (Å²) in [6.45, 7) is 1.92. The summed E-state index contributed by atoms with van der Waals surface area (Å²) in [6, 6.07) is -1.39. The van der Waals surface area contributed by atoms with E-state index in [1.807, 2.05) is 0 Å². The minimum absolute atomic E-state index is 0. The second-order valence-corrected chi connectivity index (χ2v) is 6.66. The molecule has 0 aliphatic carbocycles. The van der Waals surface area contributed by atoms with Gasteiger partial charge in [0, 0.05) is 13.1 Å². The summed E-state index contributed by atoms with van der Waals surface area (Å²) < 4.78 is 36.4. The van der Waals surface area contributed by atoms with Crippen molar-refractivity contribution >= 4 is 22.3 Å². The Labute approximate surface area is 156 Å². The third kappa shape index (κ3) is 4.16. The van der Waals surface area contributed by atoms with Gasteiger partial charge in [-0.15, -0.1) is 0 Å². The number of amides is 2. The van der Waals surface area contributed by atoms with Gasteiger partial charge in [0.05, 0.1) is 18.1 Å². The number of hydrogen-bond acceptors (Lipinski definition) is 7. The molecule has 10 nitrogen and oxygen atoms in total. The van der Waals surface area contributed by atoms with Crippen LogP contribution in [-0.2, 0) is 14.7 Å². The number of amidine groups is 1. The molecule has 3 fully saturated rings. The number of hydroxylamine groups is 2. The Hall–Kier alpha value is -0.430. The molecule has 3 rings (SSSR count). The van der Waals surface area contributed by atoms with E-state index in [0.717, 1.165) is 19.5 Å². The maximum Gasteiger partial charge on any atom is 1.00 e. The van der Waals surface area contributed by atoms with Gasteiger partial charge >= 0.3 is 35.6 Å². The Balaban J connectivity index is 0.00000192. The number of fused-ring (bicyclic) bond motifs is 2. The molecule has 124 valence electrons. The number of nitrogens with two attached hydrogens (primary N) is 1. The van der Waals surface area contributed by atoms with Crippen molar-refractivity contribution in [3.05, 3.63) is 0 Å². The van der Waals surface area contributed by atoms with Gasteiger partial charge in [-0.3, -0.25) is 4.99 Å². The van der Waals surface area contributed by atoms with E-state index in [9.17, 15) is 17.8 Å². The standard InChI is InChI=1S/C11H19N5O5S.Na/c12-10(14-7-3-4-13-5-7)9-2-1-8-6-15(9)11(17)16(8)21-22(18,19)20;/h7-9,13H,1-6H2,(H2,12,14)(H,18,19,20);/q;+1/p-1/t7-,8-,9+;/m1./s1. The minimum Gasteiger partial charge on any atom is -0.724 e. The molecule has 0 radical (unpaired) electrons. The van der Waals surface area contributed by atoms with E-state index >= 15 is 0 Å². The van der Waals surface area contributed by atoms with Crippen molar-refractivity contribution < 1.29 is 51.6 Å². The van der Waals surface area contributed by atoms with Crippen molar-refractivity contribution in [2.24, 2.45) is 10.7 Å². The summed E-state index contributed by atoms with van der Waals surface area (Å²) in [5.74, 6) is 0.368. The van der Waals surface area contributed by atoms with Gasteiger partial charge in [-0.1, -0.05) is 0 Å². The number of nitrogens with zero attached hydrogens (tertiary/aromatic N) is 3. The van der Waals surface area contributed by atoms with Crippen LogP contribution in [0.2, 0.25) is 0 Å². The zero-order valence-electron chi connectivity index (χ0n) is 12.8. The first kappa shape index (κ1) is 18.9. The molecule has 2 amide bonds. The maximum atomic E-state index is 12.2. The number of nitrogens with one attached hydrogen (secondary N) is 1. The average Bonchev–Trinajstić information content (AvgIpc) is 3.01. The summed E-state index contributed by atoms with van der Waals surface area (Å²) >= 11 is 0. The van der Waals surface area contributed by atoms with Gasteiger partial charge in [0.25, 0.3) is 0 Å². The molecule has 2 bridgehead atoms. The zero-order valence-corrected chi connectivity index (χ0v) is 15.7. The van der Waals surface area contributed by atoms with Gasteiger partial charge < -0.3 is 20.5 Å². The van der Waals surface area contributed by atoms with Crippen molar-refractivity contribution in [1.82, 2.24) is 15.3 Å². The van der Waals surface area contributed by atoms with Crippen LogP contribution in [0.1, 0.15) is 19.3 Å². The van der Waals surface area contributed by atoms with Gasteiger partial charge in [0.15, 0.2) is 0 Å². The van der Waals surface area contributed by atoms with Crippen LogP contribution in [0.15, 0.2) is 4.99 Å². The first-order valence-corrected chi connectivity index (χ1v) is 8.47. The zero-order chi connectivity index (χ0) is 15.9. The first-order chi connectivity index (χ1) is 10.3. The van der Waals surface area contributed by atoms with Gasteiger partial charge in [-0.2, -0.15) is 9.35 Å². The SMILES string of the molecule is NC(=N[C@@H]1CCNC1)[C@@H]1CC[C@@H]2CN1C(=O)N2OS(=O)(=O)[O-].[Na+]. The second kappa shape index (κ2) is 7.21. The van der Waals surface area contributed by atoms with Crippen LogP contribution in [0.25, 0.3) is 0 Å². The van der Waals surface area contributed by atoms with Crippen LogP contribution in [0.3, 0.4) is 0 Å². The van der Waals surface area contributed by atoms with Gasteiger partial charge in [0.1, 0.15) is 5.84 Å². The molecule has 3 aliphatic heterocycles. The van der Waals surface area contributed by atoms with E-state index < -0.39 is 22.5 Å². The van der Waals surface area contributed by atoms with Crippen LogP contribution in [0.5, 0.6) is 0 Å². The Kier molecular flexibility index (Phi) is 5.93. The Morgan fingerprint density at radius 1 is 1.39 bits per heavy atom. The monoisotopic (exact) mass is 355 g/mol. The minimum atomic E-state index is -4.98. The van der Waals surface area contributed by atoms with E-state index in [0.29, 0.717) is 23.7 Å². The number of hydrogen-bond donors (Lipinski definition) is 2. The summed E-state index contributed by atoms with van der Waals surface area (Å²) in [6.07, 6.45) is 1.96. The molecule has 0 unspecified atom stereocenters. The number of aliphatic imine (C=N–C) groups is 1. The Morgan fingerprint density at radius 2 is 2.13 bits per heavy atom. The normalized spacial score (nSPS) is 31.4. The molecule has 0 spiro atoms. The molecular formula is C11H18N5NaO5S. The summed E-state index contributed by atoms with van der Waals surface area (Å²) in [5.41, 5.74) is 6.04. The summed E-state index contributed by atoms with van der Waals surface area (Å²) in [5, 5.41) is 3.83. The fraction of sp³-hybridized carbons (Fsp3) is 0.818. The van der Waals surface area contributed by atoms with Crippen LogP contribution in [0, 0.1) is 0 Å². The van der Waals surface area contributed by atoms with Crippen LogP contribution < -0.4 is 40.6 Å². The molecule has 3 N–H and O–H groups in total. The average molecular weight is 355 g/mol. The maximum absolute atomic E-state index is 12.2. The quantitative estimate of drug-likeness (QED) is 0.170. The first-order valence-electron chi connectivity index (χ1n) is 7.14. The predicted octanol–water partition coefficient (Wildman–Crippen LogP) is -4.63. The van der Waals surface area contributed by atoms with Crippen molar-refractivity contribution in [3.63, 3.8) is 0 Å². The number of carbonyl (C=O) groups is 1.